The standard InChI is InChI=1S/C56H30N4O2/c57-31-33-27-35(38-12-2-1-11-34(38)32-58)29-36(28-33)39-22-21-37(59-46-17-7-3-15-44(46)53-48(59)25-23-42-40-13-5-9-19-51(40)61-55(42)53)30-50(39)60-47-18-8-4-16-45(47)54-49(60)26-24-43-41-14-6-10-20-52(41)62-56(43)54/h1-30H. The van der Waals surface area contributed by atoms with Crippen molar-refractivity contribution in [1.82, 2.24) is 9.13 Å². The fourth-order valence-electron chi connectivity index (χ4n) is 9.93. The molecule has 0 amide bonds. The summed E-state index contributed by atoms with van der Waals surface area (Å²) in [6.45, 7) is 0. The fraction of sp³-hybridized carbons (Fsp3) is 0. The molecule has 13 aromatic rings. The second-order valence-corrected chi connectivity index (χ2v) is 15.8. The van der Waals surface area contributed by atoms with Crippen LogP contribution in [0, 0.1) is 22.7 Å². The predicted octanol–water partition coefficient (Wildman–Crippen LogP) is 14.8. The molecule has 0 aliphatic heterocycles. The number of nitriles is 2. The lowest BCUT2D eigenvalue weighted by atomic mass is 9.93. The van der Waals surface area contributed by atoms with Crippen LogP contribution in [0.5, 0.6) is 0 Å². The van der Waals surface area contributed by atoms with Gasteiger partial charge in [-0.3, -0.25) is 0 Å². The first-order valence-corrected chi connectivity index (χ1v) is 20.5. The molecule has 13 rings (SSSR count). The summed E-state index contributed by atoms with van der Waals surface area (Å²) in [6.07, 6.45) is 0. The van der Waals surface area contributed by atoms with Gasteiger partial charge in [0.15, 0.2) is 0 Å². The molecular formula is C56H30N4O2. The predicted molar refractivity (Wildman–Crippen MR) is 250 cm³/mol. The first-order chi connectivity index (χ1) is 30.7. The van der Waals surface area contributed by atoms with E-state index in [9.17, 15) is 10.5 Å². The van der Waals surface area contributed by atoms with Crippen molar-refractivity contribution in [3.8, 4) is 45.8 Å². The van der Waals surface area contributed by atoms with Gasteiger partial charge in [0.05, 0.1) is 61.8 Å². The average molecular weight is 791 g/mol. The number of hydrogen-bond donors (Lipinski definition) is 0. The quantitative estimate of drug-likeness (QED) is 0.178. The van der Waals surface area contributed by atoms with Crippen molar-refractivity contribution in [3.05, 3.63) is 193 Å². The highest BCUT2D eigenvalue weighted by Gasteiger charge is 2.24. The first kappa shape index (κ1) is 34.1. The third kappa shape index (κ3) is 4.72. The Morgan fingerprint density at radius 2 is 0.919 bits per heavy atom. The third-order valence-electron chi connectivity index (χ3n) is 12.6. The average Bonchev–Trinajstić information content (AvgIpc) is 4.08. The second kappa shape index (κ2) is 12.8. The van der Waals surface area contributed by atoms with Crippen LogP contribution >= 0.6 is 0 Å². The van der Waals surface area contributed by atoms with E-state index in [1.54, 1.807) is 0 Å². The molecule has 0 saturated heterocycles. The maximum atomic E-state index is 10.5. The Bertz CT molecular complexity index is 4140. The lowest BCUT2D eigenvalue weighted by Crippen LogP contribution is -2.01. The Morgan fingerprint density at radius 1 is 0.387 bits per heavy atom. The molecule has 0 aliphatic carbocycles. The molecule has 0 spiro atoms. The highest BCUT2D eigenvalue weighted by Crippen LogP contribution is 2.45. The van der Waals surface area contributed by atoms with Gasteiger partial charge in [-0.15, -0.1) is 0 Å². The Morgan fingerprint density at radius 3 is 1.55 bits per heavy atom. The summed E-state index contributed by atoms with van der Waals surface area (Å²) >= 11 is 0. The number of benzene rings is 9. The van der Waals surface area contributed by atoms with Crippen molar-refractivity contribution in [1.29, 1.82) is 10.5 Å². The van der Waals surface area contributed by atoms with Gasteiger partial charge in [-0.1, -0.05) is 97.1 Å². The number of aromatic nitrogens is 2. The molecule has 0 saturated carbocycles. The lowest BCUT2D eigenvalue weighted by Gasteiger charge is -2.18. The van der Waals surface area contributed by atoms with Crippen LogP contribution in [0.3, 0.4) is 0 Å². The molecule has 0 radical (unpaired) electrons. The first-order valence-electron chi connectivity index (χ1n) is 20.5. The van der Waals surface area contributed by atoms with Gasteiger partial charge < -0.3 is 18.0 Å². The number of nitrogens with zero attached hydrogens (tertiary/aromatic N) is 4. The molecule has 0 aliphatic rings. The SMILES string of the molecule is N#Cc1cc(-c2ccccc2C#N)cc(-c2ccc(-n3c4ccccc4c4c5oc6ccccc6c5ccc43)cc2-n2c3ccccc3c3c4oc5ccccc5c4ccc32)c1. The highest BCUT2D eigenvalue weighted by atomic mass is 16.3. The van der Waals surface area contributed by atoms with Crippen molar-refractivity contribution >= 4 is 87.5 Å². The van der Waals surface area contributed by atoms with Gasteiger partial charge in [-0.25, -0.2) is 0 Å². The minimum absolute atomic E-state index is 0.503. The van der Waals surface area contributed by atoms with E-state index in [-0.39, 0.29) is 0 Å². The molecule has 286 valence electrons. The van der Waals surface area contributed by atoms with Crippen LogP contribution < -0.4 is 0 Å². The molecular weight excluding hydrogens is 761 g/mol. The summed E-state index contributed by atoms with van der Waals surface area (Å²) < 4.78 is 18.0. The monoisotopic (exact) mass is 790 g/mol. The number of fused-ring (bicyclic) bond motifs is 14. The summed E-state index contributed by atoms with van der Waals surface area (Å²) in [7, 11) is 0. The van der Waals surface area contributed by atoms with E-state index >= 15 is 0 Å². The number of hydrogen-bond acceptors (Lipinski definition) is 4. The zero-order chi connectivity index (χ0) is 41.1. The zero-order valence-corrected chi connectivity index (χ0v) is 32.9. The molecule has 0 bridgehead atoms. The van der Waals surface area contributed by atoms with E-state index in [0.717, 1.165) is 121 Å². The second-order valence-electron chi connectivity index (χ2n) is 15.8. The molecule has 4 aromatic heterocycles. The molecule has 0 fully saturated rings. The van der Waals surface area contributed by atoms with E-state index in [1.807, 2.05) is 60.7 Å². The summed E-state index contributed by atoms with van der Waals surface area (Å²) in [4.78, 5) is 0. The van der Waals surface area contributed by atoms with Gasteiger partial charge in [0.2, 0.25) is 0 Å². The van der Waals surface area contributed by atoms with Gasteiger partial charge in [-0.05, 0) is 102 Å². The summed E-state index contributed by atoms with van der Waals surface area (Å²) in [5, 5.41) is 29.2. The summed E-state index contributed by atoms with van der Waals surface area (Å²) in [5.74, 6) is 0. The van der Waals surface area contributed by atoms with Crippen LogP contribution in [-0.4, -0.2) is 9.13 Å². The van der Waals surface area contributed by atoms with E-state index in [0.29, 0.717) is 11.1 Å². The van der Waals surface area contributed by atoms with Crippen molar-refractivity contribution in [2.45, 2.75) is 0 Å². The number of para-hydroxylation sites is 4. The topological polar surface area (TPSA) is 83.7 Å². The highest BCUT2D eigenvalue weighted by molar-refractivity contribution is 6.25. The van der Waals surface area contributed by atoms with Gasteiger partial charge >= 0.3 is 0 Å². The van der Waals surface area contributed by atoms with E-state index in [1.165, 1.54) is 0 Å². The Labute approximate surface area is 353 Å². The minimum Gasteiger partial charge on any atom is -0.455 e. The molecule has 0 N–H and O–H groups in total. The normalized spacial score (nSPS) is 11.8. The maximum Gasteiger partial charge on any atom is 0.145 e. The third-order valence-corrected chi connectivity index (χ3v) is 12.6. The molecule has 6 nitrogen and oxygen atoms in total. The maximum absolute atomic E-state index is 10.5. The van der Waals surface area contributed by atoms with Crippen molar-refractivity contribution in [2.75, 3.05) is 0 Å². The van der Waals surface area contributed by atoms with Gasteiger partial charge in [0.1, 0.15) is 22.3 Å². The van der Waals surface area contributed by atoms with E-state index < -0.39 is 0 Å². The largest absolute Gasteiger partial charge is 0.455 e. The molecule has 4 heterocycles. The Kier molecular flexibility index (Phi) is 7.05. The molecule has 62 heavy (non-hydrogen) atoms. The van der Waals surface area contributed by atoms with Crippen LogP contribution in [0.2, 0.25) is 0 Å². The van der Waals surface area contributed by atoms with Crippen LogP contribution in [0.4, 0.5) is 0 Å². The number of rotatable bonds is 4. The molecule has 9 aromatic carbocycles. The van der Waals surface area contributed by atoms with Gasteiger partial charge in [0.25, 0.3) is 0 Å². The van der Waals surface area contributed by atoms with Crippen LogP contribution in [0.15, 0.2) is 191 Å². The van der Waals surface area contributed by atoms with Crippen molar-refractivity contribution < 1.29 is 8.83 Å². The molecule has 0 unspecified atom stereocenters. The van der Waals surface area contributed by atoms with Crippen LogP contribution in [0.1, 0.15) is 11.1 Å². The van der Waals surface area contributed by atoms with Crippen LogP contribution in [-0.2, 0) is 0 Å². The van der Waals surface area contributed by atoms with Crippen molar-refractivity contribution in [2.24, 2.45) is 0 Å². The lowest BCUT2D eigenvalue weighted by molar-refractivity contribution is 0.672. The van der Waals surface area contributed by atoms with Crippen LogP contribution in [0.25, 0.3) is 121 Å². The molecule has 6 heteroatoms. The van der Waals surface area contributed by atoms with Gasteiger partial charge in [0, 0.05) is 43.6 Å². The minimum atomic E-state index is 0.503. The van der Waals surface area contributed by atoms with E-state index in [2.05, 4.69) is 143 Å². The van der Waals surface area contributed by atoms with E-state index in [4.69, 9.17) is 8.83 Å². The Balaban J connectivity index is 1.15. The zero-order valence-electron chi connectivity index (χ0n) is 32.9. The summed E-state index contributed by atoms with van der Waals surface area (Å²) in [5.41, 5.74) is 13.8. The number of furan rings is 2. The Hall–Kier alpha value is -8.84. The van der Waals surface area contributed by atoms with Crippen molar-refractivity contribution in [3.63, 3.8) is 0 Å². The van der Waals surface area contributed by atoms with Gasteiger partial charge in [-0.2, -0.15) is 10.5 Å². The smallest absolute Gasteiger partial charge is 0.145 e. The summed E-state index contributed by atoms with van der Waals surface area (Å²) in [6, 6.07) is 67.0. The molecule has 0 atom stereocenters. The fourth-order valence-corrected chi connectivity index (χ4v) is 9.93.